The summed E-state index contributed by atoms with van der Waals surface area (Å²) in [4.78, 5) is 13.0. The SMILES string of the molecule is CN1C(=O)CS/C1=C(/C#N)c1cccc(Cl)c1. The zero-order chi connectivity index (χ0) is 12.4. The lowest BCUT2D eigenvalue weighted by Gasteiger charge is -2.12. The average molecular weight is 265 g/mol. The van der Waals surface area contributed by atoms with Crippen LogP contribution < -0.4 is 0 Å². The van der Waals surface area contributed by atoms with E-state index in [4.69, 9.17) is 11.6 Å². The first-order chi connectivity index (χ1) is 8.13. The first kappa shape index (κ1) is 12.0. The fourth-order valence-corrected chi connectivity index (χ4v) is 2.80. The molecule has 5 heteroatoms. The number of thioether (sulfide) groups is 1. The number of allylic oxidation sites excluding steroid dienone is 1. The molecule has 0 spiro atoms. The number of hydrogen-bond donors (Lipinski definition) is 0. The highest BCUT2D eigenvalue weighted by Gasteiger charge is 2.26. The van der Waals surface area contributed by atoms with E-state index in [1.807, 2.05) is 6.07 Å². The maximum Gasteiger partial charge on any atom is 0.237 e. The van der Waals surface area contributed by atoms with Gasteiger partial charge in [-0.2, -0.15) is 5.26 Å². The third-order valence-electron chi connectivity index (χ3n) is 2.45. The lowest BCUT2D eigenvalue weighted by atomic mass is 10.1. The lowest BCUT2D eigenvalue weighted by molar-refractivity contribution is -0.124. The first-order valence-electron chi connectivity index (χ1n) is 4.93. The van der Waals surface area contributed by atoms with Crippen LogP contribution in [0.15, 0.2) is 29.3 Å². The Morgan fingerprint density at radius 1 is 1.59 bits per heavy atom. The van der Waals surface area contributed by atoms with Gasteiger partial charge < -0.3 is 4.90 Å². The zero-order valence-electron chi connectivity index (χ0n) is 9.11. The minimum atomic E-state index is 0.0137. The van der Waals surface area contributed by atoms with E-state index in [1.165, 1.54) is 16.7 Å². The minimum Gasteiger partial charge on any atom is -0.308 e. The Labute approximate surface area is 109 Å². The van der Waals surface area contributed by atoms with E-state index >= 15 is 0 Å². The van der Waals surface area contributed by atoms with E-state index in [1.54, 1.807) is 25.2 Å². The quantitative estimate of drug-likeness (QED) is 0.733. The van der Waals surface area contributed by atoms with Crippen molar-refractivity contribution < 1.29 is 4.79 Å². The van der Waals surface area contributed by atoms with Crippen LogP contribution >= 0.6 is 23.4 Å². The van der Waals surface area contributed by atoms with Crippen molar-refractivity contribution in [2.75, 3.05) is 12.8 Å². The molecule has 0 unspecified atom stereocenters. The summed E-state index contributed by atoms with van der Waals surface area (Å²) in [6.07, 6.45) is 0. The molecule has 3 nitrogen and oxygen atoms in total. The molecular weight excluding hydrogens is 256 g/mol. The second kappa shape index (κ2) is 4.82. The zero-order valence-corrected chi connectivity index (χ0v) is 10.7. The van der Waals surface area contributed by atoms with Crippen molar-refractivity contribution in [3.63, 3.8) is 0 Å². The number of carbonyl (C=O) groups is 1. The maximum absolute atomic E-state index is 11.4. The summed E-state index contributed by atoms with van der Waals surface area (Å²) >= 11 is 7.28. The predicted octanol–water partition coefficient (Wildman–Crippen LogP) is 2.74. The number of hydrogen-bond acceptors (Lipinski definition) is 3. The van der Waals surface area contributed by atoms with Crippen LogP contribution in [0, 0.1) is 11.3 Å². The molecule has 0 N–H and O–H groups in total. The number of amides is 1. The molecule has 0 aromatic heterocycles. The molecular formula is C12H9ClN2OS. The van der Waals surface area contributed by atoms with Gasteiger partial charge in [-0.25, -0.2) is 0 Å². The molecule has 1 aromatic rings. The Morgan fingerprint density at radius 3 is 2.88 bits per heavy atom. The number of rotatable bonds is 1. The van der Waals surface area contributed by atoms with E-state index in [2.05, 4.69) is 6.07 Å². The molecule has 1 fully saturated rings. The summed E-state index contributed by atoms with van der Waals surface area (Å²) in [6.45, 7) is 0. The van der Waals surface area contributed by atoms with Crippen LogP contribution in [-0.4, -0.2) is 23.6 Å². The van der Waals surface area contributed by atoms with E-state index in [-0.39, 0.29) is 5.91 Å². The molecule has 1 amide bonds. The molecule has 1 aliphatic rings. The summed E-state index contributed by atoms with van der Waals surface area (Å²) in [5, 5.41) is 10.5. The summed E-state index contributed by atoms with van der Waals surface area (Å²) in [5.74, 6) is 0.400. The monoisotopic (exact) mass is 264 g/mol. The van der Waals surface area contributed by atoms with Crippen molar-refractivity contribution in [2.45, 2.75) is 0 Å². The van der Waals surface area contributed by atoms with E-state index in [0.717, 1.165) is 5.56 Å². The predicted molar refractivity (Wildman–Crippen MR) is 69.2 cm³/mol. The Balaban J connectivity index is 2.51. The van der Waals surface area contributed by atoms with Crippen molar-refractivity contribution in [1.29, 1.82) is 5.26 Å². The van der Waals surface area contributed by atoms with Gasteiger partial charge in [0.05, 0.1) is 16.4 Å². The van der Waals surface area contributed by atoms with Crippen molar-refractivity contribution in [2.24, 2.45) is 0 Å². The molecule has 86 valence electrons. The Kier molecular flexibility index (Phi) is 3.41. The highest BCUT2D eigenvalue weighted by Crippen LogP contribution is 2.34. The smallest absolute Gasteiger partial charge is 0.237 e. The molecule has 0 bridgehead atoms. The molecule has 0 radical (unpaired) electrons. The van der Waals surface area contributed by atoms with Gasteiger partial charge >= 0.3 is 0 Å². The molecule has 0 aliphatic carbocycles. The van der Waals surface area contributed by atoms with Crippen molar-refractivity contribution >= 4 is 34.8 Å². The van der Waals surface area contributed by atoms with Gasteiger partial charge in [0.2, 0.25) is 5.91 Å². The van der Waals surface area contributed by atoms with Crippen LogP contribution in [0.5, 0.6) is 0 Å². The maximum atomic E-state index is 11.4. The third-order valence-corrected chi connectivity index (χ3v) is 3.83. The van der Waals surface area contributed by atoms with Crippen LogP contribution in [0.4, 0.5) is 0 Å². The van der Waals surface area contributed by atoms with Gasteiger partial charge in [-0.1, -0.05) is 35.5 Å². The largest absolute Gasteiger partial charge is 0.308 e. The van der Waals surface area contributed by atoms with Crippen LogP contribution in [-0.2, 0) is 4.79 Å². The van der Waals surface area contributed by atoms with E-state index in [0.29, 0.717) is 21.4 Å². The summed E-state index contributed by atoms with van der Waals surface area (Å²) < 4.78 is 0. The van der Waals surface area contributed by atoms with E-state index in [9.17, 15) is 10.1 Å². The van der Waals surface area contributed by atoms with Crippen molar-refractivity contribution in [3.8, 4) is 6.07 Å². The third kappa shape index (κ3) is 2.31. The van der Waals surface area contributed by atoms with Crippen molar-refractivity contribution in [1.82, 2.24) is 4.90 Å². The van der Waals surface area contributed by atoms with Gasteiger partial charge in [0, 0.05) is 12.1 Å². The Morgan fingerprint density at radius 2 is 2.35 bits per heavy atom. The second-order valence-electron chi connectivity index (χ2n) is 3.54. The highest BCUT2D eigenvalue weighted by atomic mass is 35.5. The summed E-state index contributed by atoms with van der Waals surface area (Å²) in [5.41, 5.74) is 1.23. The minimum absolute atomic E-state index is 0.0137. The molecule has 1 heterocycles. The van der Waals surface area contributed by atoms with Crippen molar-refractivity contribution in [3.05, 3.63) is 39.9 Å². The molecule has 2 rings (SSSR count). The number of halogens is 1. The number of nitriles is 1. The molecule has 0 atom stereocenters. The summed E-state index contributed by atoms with van der Waals surface area (Å²) in [7, 11) is 1.68. The first-order valence-corrected chi connectivity index (χ1v) is 6.29. The Hall–Kier alpha value is -1.44. The molecule has 17 heavy (non-hydrogen) atoms. The molecule has 1 aromatic carbocycles. The van der Waals surface area contributed by atoms with E-state index < -0.39 is 0 Å². The topological polar surface area (TPSA) is 44.1 Å². The molecule has 0 saturated carbocycles. The molecule has 1 saturated heterocycles. The van der Waals surface area contributed by atoms with Gasteiger partial charge in [0.1, 0.15) is 6.07 Å². The molecule has 1 aliphatic heterocycles. The number of nitrogens with zero attached hydrogens (tertiary/aromatic N) is 2. The number of benzene rings is 1. The van der Waals surface area contributed by atoms with Crippen LogP contribution in [0.25, 0.3) is 5.57 Å². The normalized spacial score (nSPS) is 18.2. The van der Waals surface area contributed by atoms with Crippen LogP contribution in [0.1, 0.15) is 5.56 Å². The summed E-state index contributed by atoms with van der Waals surface area (Å²) in [6, 6.07) is 9.23. The lowest BCUT2D eigenvalue weighted by Crippen LogP contribution is -2.19. The highest BCUT2D eigenvalue weighted by molar-refractivity contribution is 8.04. The Bertz CT molecular complexity index is 548. The van der Waals surface area contributed by atoms with Gasteiger partial charge in [0.15, 0.2) is 0 Å². The van der Waals surface area contributed by atoms with Crippen LogP contribution in [0.2, 0.25) is 5.02 Å². The van der Waals surface area contributed by atoms with Gasteiger partial charge in [-0.3, -0.25) is 4.79 Å². The standard InChI is InChI=1S/C12H9ClN2OS/c1-15-11(16)7-17-12(15)10(6-14)8-3-2-4-9(13)5-8/h2-5H,7H2,1H3/b12-10-. The fourth-order valence-electron chi connectivity index (χ4n) is 1.56. The van der Waals surface area contributed by atoms with Crippen LogP contribution in [0.3, 0.4) is 0 Å². The average Bonchev–Trinajstić information content (AvgIpc) is 2.63. The van der Waals surface area contributed by atoms with Gasteiger partial charge in [0.25, 0.3) is 0 Å². The number of carbonyl (C=O) groups excluding carboxylic acids is 1. The van der Waals surface area contributed by atoms with Gasteiger partial charge in [-0.15, -0.1) is 0 Å². The fraction of sp³-hybridized carbons (Fsp3) is 0.167. The second-order valence-corrected chi connectivity index (χ2v) is 4.94. The van der Waals surface area contributed by atoms with Gasteiger partial charge in [-0.05, 0) is 17.7 Å².